The average molecular weight is 303 g/mol. The summed E-state index contributed by atoms with van der Waals surface area (Å²) in [5.74, 6) is -0.195. The second-order valence-corrected chi connectivity index (χ2v) is 7.05. The molecule has 0 aliphatic carbocycles. The molecule has 2 aromatic carbocycles. The Morgan fingerprint density at radius 1 is 0.857 bits per heavy atom. The molecule has 2 aromatic rings. The van der Waals surface area contributed by atoms with Crippen LogP contribution in [0, 0.1) is 0 Å². The van der Waals surface area contributed by atoms with E-state index < -0.39 is 10.0 Å². The van der Waals surface area contributed by atoms with E-state index in [1.54, 1.807) is 12.1 Å². The van der Waals surface area contributed by atoms with Crippen molar-refractivity contribution in [2.45, 2.75) is 17.7 Å². The SMILES string of the molecule is O=S(=O)(c1ccccc1O)N1CCc2ccccc2CC1. The number of nitrogens with zero attached hydrogens (tertiary/aromatic N) is 1. The highest BCUT2D eigenvalue weighted by Crippen LogP contribution is 2.27. The quantitative estimate of drug-likeness (QED) is 0.925. The van der Waals surface area contributed by atoms with Crippen LogP contribution in [0.5, 0.6) is 5.75 Å². The molecule has 0 bridgehead atoms. The monoisotopic (exact) mass is 303 g/mol. The van der Waals surface area contributed by atoms with Crippen LogP contribution in [0.4, 0.5) is 0 Å². The minimum atomic E-state index is -3.65. The molecule has 0 fully saturated rings. The van der Waals surface area contributed by atoms with E-state index >= 15 is 0 Å². The predicted octanol–water partition coefficient (Wildman–Crippen LogP) is 2.18. The van der Waals surface area contributed by atoms with Gasteiger partial charge in [0.2, 0.25) is 10.0 Å². The third kappa shape index (κ3) is 2.66. The van der Waals surface area contributed by atoms with Gasteiger partial charge >= 0.3 is 0 Å². The molecule has 1 aliphatic heterocycles. The minimum Gasteiger partial charge on any atom is -0.507 e. The van der Waals surface area contributed by atoms with Gasteiger partial charge in [0.1, 0.15) is 10.6 Å². The zero-order valence-corrected chi connectivity index (χ0v) is 12.4. The summed E-state index contributed by atoms with van der Waals surface area (Å²) in [4.78, 5) is -0.0176. The first-order valence-corrected chi connectivity index (χ1v) is 8.38. The summed E-state index contributed by atoms with van der Waals surface area (Å²) in [6.07, 6.45) is 1.39. The second-order valence-electron chi connectivity index (χ2n) is 5.14. The molecular weight excluding hydrogens is 286 g/mol. The maximum absolute atomic E-state index is 12.7. The molecule has 1 N–H and O–H groups in total. The second kappa shape index (κ2) is 5.50. The fraction of sp³-hybridized carbons (Fsp3) is 0.250. The van der Waals surface area contributed by atoms with E-state index in [1.807, 2.05) is 24.3 Å². The van der Waals surface area contributed by atoms with Crippen molar-refractivity contribution >= 4 is 10.0 Å². The Hall–Kier alpha value is -1.85. The Bertz CT molecular complexity index is 729. The molecule has 1 aliphatic rings. The molecule has 110 valence electrons. The number of hydrogen-bond donors (Lipinski definition) is 1. The number of hydrogen-bond acceptors (Lipinski definition) is 3. The number of phenolic OH excluding ortho intramolecular Hbond substituents is 1. The van der Waals surface area contributed by atoms with Crippen molar-refractivity contribution in [1.82, 2.24) is 4.31 Å². The number of para-hydroxylation sites is 1. The van der Waals surface area contributed by atoms with Gasteiger partial charge in [0, 0.05) is 13.1 Å². The number of rotatable bonds is 2. The van der Waals surface area contributed by atoms with E-state index in [4.69, 9.17) is 0 Å². The first-order chi connectivity index (χ1) is 10.1. The van der Waals surface area contributed by atoms with Crippen molar-refractivity contribution in [3.05, 3.63) is 59.7 Å². The average Bonchev–Trinajstić information content (AvgIpc) is 2.70. The van der Waals surface area contributed by atoms with Crippen molar-refractivity contribution in [3.8, 4) is 5.75 Å². The normalized spacial score (nSPS) is 16.2. The molecule has 5 heteroatoms. The van der Waals surface area contributed by atoms with Gasteiger partial charge in [0.05, 0.1) is 0 Å². The summed E-state index contributed by atoms with van der Waals surface area (Å²) in [6, 6.07) is 14.1. The molecule has 21 heavy (non-hydrogen) atoms. The zero-order valence-electron chi connectivity index (χ0n) is 11.6. The summed E-state index contributed by atoms with van der Waals surface area (Å²) < 4.78 is 26.8. The lowest BCUT2D eigenvalue weighted by Crippen LogP contribution is -2.33. The fourth-order valence-corrected chi connectivity index (χ4v) is 4.23. The summed E-state index contributed by atoms with van der Waals surface area (Å²) in [6.45, 7) is 0.876. The van der Waals surface area contributed by atoms with E-state index in [2.05, 4.69) is 0 Å². The van der Waals surface area contributed by atoms with Gasteiger partial charge in [-0.2, -0.15) is 4.31 Å². The molecule has 0 unspecified atom stereocenters. The van der Waals surface area contributed by atoms with Crippen molar-refractivity contribution in [3.63, 3.8) is 0 Å². The smallest absolute Gasteiger partial charge is 0.246 e. The lowest BCUT2D eigenvalue weighted by atomic mass is 10.0. The van der Waals surface area contributed by atoms with Gasteiger partial charge in [-0.25, -0.2) is 8.42 Å². The van der Waals surface area contributed by atoms with E-state index in [1.165, 1.54) is 27.6 Å². The molecule has 0 radical (unpaired) electrons. The molecule has 0 saturated carbocycles. The van der Waals surface area contributed by atoms with Crippen LogP contribution in [0.25, 0.3) is 0 Å². The first-order valence-electron chi connectivity index (χ1n) is 6.94. The van der Waals surface area contributed by atoms with E-state index in [-0.39, 0.29) is 10.6 Å². The highest BCUT2D eigenvalue weighted by atomic mass is 32.2. The van der Waals surface area contributed by atoms with Crippen LogP contribution in [0.15, 0.2) is 53.4 Å². The fourth-order valence-electron chi connectivity index (χ4n) is 2.70. The lowest BCUT2D eigenvalue weighted by Gasteiger charge is -2.20. The Balaban J connectivity index is 1.91. The maximum atomic E-state index is 12.7. The summed E-state index contributed by atoms with van der Waals surface area (Å²) in [5, 5.41) is 9.81. The number of fused-ring (bicyclic) bond motifs is 1. The highest BCUT2D eigenvalue weighted by Gasteiger charge is 2.28. The van der Waals surface area contributed by atoms with Crippen molar-refractivity contribution in [1.29, 1.82) is 0 Å². The Morgan fingerprint density at radius 2 is 1.38 bits per heavy atom. The van der Waals surface area contributed by atoms with Gasteiger partial charge in [0.25, 0.3) is 0 Å². The van der Waals surface area contributed by atoms with Crippen LogP contribution in [-0.4, -0.2) is 30.9 Å². The van der Waals surface area contributed by atoms with Gasteiger partial charge in [-0.3, -0.25) is 0 Å². The van der Waals surface area contributed by atoms with Crippen LogP contribution in [0.1, 0.15) is 11.1 Å². The number of sulfonamides is 1. The highest BCUT2D eigenvalue weighted by molar-refractivity contribution is 7.89. The van der Waals surface area contributed by atoms with Crippen LogP contribution >= 0.6 is 0 Å². The van der Waals surface area contributed by atoms with Crippen LogP contribution in [-0.2, 0) is 22.9 Å². The molecular formula is C16H17NO3S. The molecule has 0 saturated heterocycles. The topological polar surface area (TPSA) is 57.6 Å². The molecule has 0 amide bonds. The third-order valence-electron chi connectivity index (χ3n) is 3.86. The first kappa shape index (κ1) is 14.1. The largest absolute Gasteiger partial charge is 0.507 e. The molecule has 0 aromatic heterocycles. The summed E-state index contributed by atoms with van der Waals surface area (Å²) in [5.41, 5.74) is 2.40. The van der Waals surface area contributed by atoms with Gasteiger partial charge in [-0.05, 0) is 36.1 Å². The van der Waals surface area contributed by atoms with Crippen molar-refractivity contribution in [2.75, 3.05) is 13.1 Å². The third-order valence-corrected chi connectivity index (χ3v) is 5.81. The Kier molecular flexibility index (Phi) is 3.69. The number of phenols is 1. The maximum Gasteiger partial charge on any atom is 0.246 e. The van der Waals surface area contributed by atoms with E-state index in [0.717, 1.165) is 0 Å². The Morgan fingerprint density at radius 3 is 1.95 bits per heavy atom. The van der Waals surface area contributed by atoms with E-state index in [0.29, 0.717) is 25.9 Å². The van der Waals surface area contributed by atoms with Crippen LogP contribution < -0.4 is 0 Å². The summed E-state index contributed by atoms with van der Waals surface area (Å²) >= 11 is 0. The molecule has 4 nitrogen and oxygen atoms in total. The predicted molar refractivity (Wildman–Crippen MR) is 80.7 cm³/mol. The van der Waals surface area contributed by atoms with Gasteiger partial charge in [-0.15, -0.1) is 0 Å². The molecule has 1 heterocycles. The standard InChI is InChI=1S/C16H17NO3S/c18-15-7-3-4-8-16(15)21(19,20)17-11-9-13-5-1-2-6-14(13)10-12-17/h1-8,18H,9-12H2. The minimum absolute atomic E-state index is 0.0176. The van der Waals surface area contributed by atoms with Gasteiger partial charge < -0.3 is 5.11 Å². The number of aromatic hydroxyl groups is 1. The van der Waals surface area contributed by atoms with Crippen LogP contribution in [0.3, 0.4) is 0 Å². The molecule has 3 rings (SSSR count). The van der Waals surface area contributed by atoms with Gasteiger partial charge in [0.15, 0.2) is 0 Å². The summed E-state index contributed by atoms with van der Waals surface area (Å²) in [7, 11) is -3.65. The van der Waals surface area contributed by atoms with Gasteiger partial charge in [-0.1, -0.05) is 36.4 Å². The molecule has 0 atom stereocenters. The number of benzene rings is 2. The lowest BCUT2D eigenvalue weighted by molar-refractivity contribution is 0.416. The zero-order chi connectivity index (χ0) is 14.9. The van der Waals surface area contributed by atoms with Crippen molar-refractivity contribution in [2.24, 2.45) is 0 Å². The van der Waals surface area contributed by atoms with Crippen LogP contribution in [0.2, 0.25) is 0 Å². The van der Waals surface area contributed by atoms with Crippen molar-refractivity contribution < 1.29 is 13.5 Å². The molecule has 0 spiro atoms. The Labute approximate surface area is 124 Å². The van der Waals surface area contributed by atoms with E-state index in [9.17, 15) is 13.5 Å².